The highest BCUT2D eigenvalue weighted by molar-refractivity contribution is 7.07. The second-order valence-corrected chi connectivity index (χ2v) is 6.26. The van der Waals surface area contributed by atoms with Crippen molar-refractivity contribution in [1.82, 2.24) is 5.32 Å². The van der Waals surface area contributed by atoms with Crippen molar-refractivity contribution in [2.45, 2.75) is 25.8 Å². The standard InChI is InChI=1S/C19H21NS/c1-15(20-12-5-6-16-11-13-21-14-16)18-10-9-17-7-3-2-4-8-19(17)18/h2-4,7-11,13-15,20H,5-6,12H2,1H3. The maximum Gasteiger partial charge on any atom is 0.0297 e. The molecule has 1 N–H and O–H groups in total. The quantitative estimate of drug-likeness (QED) is 0.621. The second-order valence-electron chi connectivity index (χ2n) is 5.48. The summed E-state index contributed by atoms with van der Waals surface area (Å²) < 4.78 is 0. The predicted octanol–water partition coefficient (Wildman–Crippen LogP) is 5.14. The fraction of sp³-hybridized carbons (Fsp3) is 0.263. The van der Waals surface area contributed by atoms with Crippen LogP contribution in [0.25, 0.3) is 11.1 Å². The average Bonchev–Trinajstić information content (AvgIpc) is 3.09. The minimum absolute atomic E-state index is 0.396. The number of hydrogen-bond acceptors (Lipinski definition) is 2. The first-order valence-electron chi connectivity index (χ1n) is 7.57. The average molecular weight is 295 g/mol. The Balaban J connectivity index is 1.56. The number of rotatable bonds is 6. The van der Waals surface area contributed by atoms with Crippen LogP contribution in [0.2, 0.25) is 0 Å². The molecule has 108 valence electrons. The molecule has 2 aliphatic rings. The predicted molar refractivity (Wildman–Crippen MR) is 92.1 cm³/mol. The van der Waals surface area contributed by atoms with E-state index in [4.69, 9.17) is 0 Å². The summed E-state index contributed by atoms with van der Waals surface area (Å²) in [6.45, 7) is 3.31. The number of thiophene rings is 1. The summed E-state index contributed by atoms with van der Waals surface area (Å²) in [5.41, 5.74) is 5.54. The molecule has 0 bridgehead atoms. The first-order chi connectivity index (χ1) is 10.3. The fourth-order valence-corrected chi connectivity index (χ4v) is 3.48. The van der Waals surface area contributed by atoms with E-state index in [2.05, 4.69) is 71.5 Å². The summed E-state index contributed by atoms with van der Waals surface area (Å²) in [7, 11) is 0. The maximum absolute atomic E-state index is 3.65. The lowest BCUT2D eigenvalue weighted by Gasteiger charge is -2.14. The Kier molecular flexibility index (Phi) is 4.69. The van der Waals surface area contributed by atoms with E-state index >= 15 is 0 Å². The van der Waals surface area contributed by atoms with Gasteiger partial charge in [-0.05, 0) is 65.4 Å². The Morgan fingerprint density at radius 2 is 1.95 bits per heavy atom. The van der Waals surface area contributed by atoms with Crippen LogP contribution >= 0.6 is 11.3 Å². The van der Waals surface area contributed by atoms with Crippen molar-refractivity contribution >= 4 is 11.3 Å². The summed E-state index contributed by atoms with van der Waals surface area (Å²) in [6.07, 6.45) is 2.35. The molecular weight excluding hydrogens is 274 g/mol. The van der Waals surface area contributed by atoms with Crippen LogP contribution in [0.5, 0.6) is 0 Å². The van der Waals surface area contributed by atoms with Crippen molar-refractivity contribution in [3.8, 4) is 11.1 Å². The van der Waals surface area contributed by atoms with Gasteiger partial charge in [0.25, 0.3) is 0 Å². The molecule has 21 heavy (non-hydrogen) atoms. The van der Waals surface area contributed by atoms with Gasteiger partial charge in [0.15, 0.2) is 0 Å². The van der Waals surface area contributed by atoms with Crippen LogP contribution in [0.3, 0.4) is 0 Å². The highest BCUT2D eigenvalue weighted by atomic mass is 32.1. The molecule has 1 nitrogen and oxygen atoms in total. The van der Waals surface area contributed by atoms with Crippen LogP contribution in [0.15, 0.2) is 59.3 Å². The zero-order valence-corrected chi connectivity index (χ0v) is 13.2. The van der Waals surface area contributed by atoms with Crippen molar-refractivity contribution in [2.24, 2.45) is 0 Å². The van der Waals surface area contributed by atoms with E-state index in [1.807, 2.05) is 0 Å². The number of hydrogen-bond donors (Lipinski definition) is 1. The first kappa shape index (κ1) is 14.3. The number of fused-ring (bicyclic) bond motifs is 1. The maximum atomic E-state index is 3.65. The van der Waals surface area contributed by atoms with E-state index in [1.165, 1.54) is 35.1 Å². The summed E-state index contributed by atoms with van der Waals surface area (Å²) in [5, 5.41) is 8.05. The van der Waals surface area contributed by atoms with Gasteiger partial charge in [0.1, 0.15) is 0 Å². The molecule has 0 fully saturated rings. The Morgan fingerprint density at radius 3 is 2.81 bits per heavy atom. The van der Waals surface area contributed by atoms with E-state index < -0.39 is 0 Å². The minimum atomic E-state index is 0.396. The molecule has 1 heterocycles. The molecule has 2 aliphatic carbocycles. The SMILES string of the molecule is CC(NCCCc1ccsc1)c1ccc2cccccc1-2. The molecule has 0 saturated heterocycles. The molecule has 0 aliphatic heterocycles. The molecule has 2 heteroatoms. The van der Waals surface area contributed by atoms with Crippen molar-refractivity contribution in [1.29, 1.82) is 0 Å². The van der Waals surface area contributed by atoms with Crippen LogP contribution in [0, 0.1) is 0 Å². The van der Waals surface area contributed by atoms with Crippen LogP contribution in [0.4, 0.5) is 0 Å². The van der Waals surface area contributed by atoms with Crippen molar-refractivity contribution < 1.29 is 0 Å². The van der Waals surface area contributed by atoms with Gasteiger partial charge in [-0.2, -0.15) is 11.3 Å². The molecule has 0 aromatic carbocycles. The third-order valence-corrected chi connectivity index (χ3v) is 4.70. The largest absolute Gasteiger partial charge is 0.310 e. The van der Waals surface area contributed by atoms with E-state index in [1.54, 1.807) is 11.3 Å². The molecule has 3 rings (SSSR count). The molecular formula is C19H21NS. The van der Waals surface area contributed by atoms with Gasteiger partial charge in [0, 0.05) is 6.04 Å². The number of aryl methyl sites for hydroxylation is 1. The number of nitrogens with one attached hydrogen (secondary N) is 1. The molecule has 0 amide bonds. The van der Waals surface area contributed by atoms with Crippen LogP contribution < -0.4 is 5.32 Å². The monoisotopic (exact) mass is 295 g/mol. The Labute approximate surface area is 131 Å². The second kappa shape index (κ2) is 6.88. The normalized spacial score (nSPS) is 12.6. The zero-order valence-electron chi connectivity index (χ0n) is 12.4. The molecule has 1 atom stereocenters. The topological polar surface area (TPSA) is 12.0 Å². The van der Waals surface area contributed by atoms with Gasteiger partial charge in [-0.15, -0.1) is 0 Å². The van der Waals surface area contributed by atoms with Gasteiger partial charge in [-0.1, -0.05) is 42.5 Å². The van der Waals surface area contributed by atoms with Crippen molar-refractivity contribution in [3.05, 3.63) is 70.4 Å². The first-order valence-corrected chi connectivity index (χ1v) is 8.51. The molecule has 0 spiro atoms. The highest BCUT2D eigenvalue weighted by Crippen LogP contribution is 2.31. The Morgan fingerprint density at radius 1 is 1.05 bits per heavy atom. The smallest absolute Gasteiger partial charge is 0.0297 e. The van der Waals surface area contributed by atoms with Gasteiger partial charge >= 0.3 is 0 Å². The van der Waals surface area contributed by atoms with E-state index in [-0.39, 0.29) is 0 Å². The van der Waals surface area contributed by atoms with Gasteiger partial charge in [-0.25, -0.2) is 0 Å². The van der Waals surface area contributed by atoms with Crippen LogP contribution in [-0.4, -0.2) is 6.54 Å². The summed E-state index contributed by atoms with van der Waals surface area (Å²) in [4.78, 5) is 0. The molecule has 0 radical (unpaired) electrons. The zero-order chi connectivity index (χ0) is 14.5. The van der Waals surface area contributed by atoms with Crippen LogP contribution in [-0.2, 0) is 6.42 Å². The van der Waals surface area contributed by atoms with Gasteiger partial charge in [-0.3, -0.25) is 0 Å². The van der Waals surface area contributed by atoms with E-state index in [0.717, 1.165) is 6.54 Å². The third kappa shape index (κ3) is 3.52. The van der Waals surface area contributed by atoms with Gasteiger partial charge < -0.3 is 5.32 Å². The van der Waals surface area contributed by atoms with Crippen molar-refractivity contribution in [2.75, 3.05) is 6.54 Å². The molecule has 1 aromatic heterocycles. The molecule has 1 aromatic rings. The lowest BCUT2D eigenvalue weighted by molar-refractivity contribution is 0.560. The summed E-state index contributed by atoms with van der Waals surface area (Å²) in [6, 6.07) is 17.8. The molecule has 0 saturated carbocycles. The Bertz CT molecular complexity index is 644. The van der Waals surface area contributed by atoms with Gasteiger partial charge in [0.05, 0.1) is 0 Å². The lowest BCUT2D eigenvalue weighted by atomic mass is 10.0. The van der Waals surface area contributed by atoms with Crippen LogP contribution in [0.1, 0.15) is 30.5 Å². The lowest BCUT2D eigenvalue weighted by Crippen LogP contribution is -2.20. The van der Waals surface area contributed by atoms with E-state index in [9.17, 15) is 0 Å². The Hall–Kier alpha value is -1.64. The molecule has 1 unspecified atom stereocenters. The third-order valence-electron chi connectivity index (χ3n) is 3.96. The van der Waals surface area contributed by atoms with Gasteiger partial charge in [0.2, 0.25) is 0 Å². The summed E-state index contributed by atoms with van der Waals surface area (Å²) in [5.74, 6) is 0. The highest BCUT2D eigenvalue weighted by Gasteiger charge is 2.13. The fourth-order valence-electron chi connectivity index (χ4n) is 2.77. The van der Waals surface area contributed by atoms with E-state index in [0.29, 0.717) is 6.04 Å². The minimum Gasteiger partial charge on any atom is -0.310 e. The summed E-state index contributed by atoms with van der Waals surface area (Å²) >= 11 is 1.78. The van der Waals surface area contributed by atoms with Crippen molar-refractivity contribution in [3.63, 3.8) is 0 Å².